The van der Waals surface area contributed by atoms with E-state index < -0.39 is 47.7 Å². The van der Waals surface area contributed by atoms with Crippen molar-refractivity contribution in [2.24, 2.45) is 4.99 Å². The number of halogens is 2. The van der Waals surface area contributed by atoms with E-state index in [1.807, 2.05) is 42.5 Å². The summed E-state index contributed by atoms with van der Waals surface area (Å²) in [5, 5.41) is 15.0. The number of anilines is 1. The Hall–Kier alpha value is -4.44. The zero-order chi connectivity index (χ0) is 26.7. The van der Waals surface area contributed by atoms with Gasteiger partial charge in [0.25, 0.3) is 11.8 Å². The number of para-hydroxylation sites is 1. The van der Waals surface area contributed by atoms with Crippen molar-refractivity contribution in [3.05, 3.63) is 101 Å². The summed E-state index contributed by atoms with van der Waals surface area (Å²) in [5.41, 5.74) is 2.24. The fraction of sp³-hybridized carbons (Fsp3) is 0.185. The van der Waals surface area contributed by atoms with Gasteiger partial charge in [-0.25, -0.2) is 13.8 Å². The van der Waals surface area contributed by atoms with Gasteiger partial charge in [0.1, 0.15) is 17.7 Å². The van der Waals surface area contributed by atoms with Crippen LogP contribution in [0.3, 0.4) is 0 Å². The molecule has 0 fully saturated rings. The second-order valence-corrected chi connectivity index (χ2v) is 8.50. The van der Waals surface area contributed by atoms with Gasteiger partial charge in [0.05, 0.1) is 11.4 Å². The largest absolute Gasteiger partial charge is 0.378 e. The second kappa shape index (κ2) is 10.7. The lowest BCUT2D eigenvalue weighted by Gasteiger charge is -2.22. The molecule has 0 bridgehead atoms. The normalized spacial score (nSPS) is 16.7. The Morgan fingerprint density at radius 3 is 2.27 bits per heavy atom. The lowest BCUT2D eigenvalue weighted by Crippen LogP contribution is -2.52. The van der Waals surface area contributed by atoms with Gasteiger partial charge in [-0.15, -0.1) is 0 Å². The molecule has 8 nitrogen and oxygen atoms in total. The van der Waals surface area contributed by atoms with Gasteiger partial charge >= 0.3 is 0 Å². The van der Waals surface area contributed by atoms with Crippen molar-refractivity contribution in [1.29, 1.82) is 0 Å². The Bertz CT molecular complexity index is 1360. The molecule has 3 atom stereocenters. The van der Waals surface area contributed by atoms with E-state index in [2.05, 4.69) is 15.6 Å². The van der Waals surface area contributed by atoms with E-state index >= 15 is 0 Å². The monoisotopic (exact) mass is 506 g/mol. The number of aliphatic imine (C=N–C) groups is 1. The van der Waals surface area contributed by atoms with Crippen LogP contribution >= 0.6 is 0 Å². The highest BCUT2D eigenvalue weighted by atomic mass is 19.1. The van der Waals surface area contributed by atoms with E-state index in [0.29, 0.717) is 23.0 Å². The number of fused-ring (bicyclic) bond motifs is 1. The zero-order valence-electron chi connectivity index (χ0n) is 20.0. The number of benzodiazepines with no additional fused rings is 1. The van der Waals surface area contributed by atoms with Crippen molar-refractivity contribution in [2.75, 3.05) is 11.9 Å². The third-order valence-electron chi connectivity index (χ3n) is 5.87. The molecular weight excluding hydrogens is 482 g/mol. The van der Waals surface area contributed by atoms with Crippen LogP contribution in [0.2, 0.25) is 0 Å². The van der Waals surface area contributed by atoms with Crippen LogP contribution in [0.4, 0.5) is 14.5 Å². The van der Waals surface area contributed by atoms with Crippen LogP contribution in [0.5, 0.6) is 0 Å². The fourth-order valence-corrected chi connectivity index (χ4v) is 3.94. The van der Waals surface area contributed by atoms with Gasteiger partial charge in [-0.3, -0.25) is 14.4 Å². The number of benzene rings is 3. The van der Waals surface area contributed by atoms with Gasteiger partial charge in [0.15, 0.2) is 6.10 Å². The lowest BCUT2D eigenvalue weighted by molar-refractivity contribution is -0.134. The summed E-state index contributed by atoms with van der Waals surface area (Å²) in [5.74, 6) is -4.22. The van der Waals surface area contributed by atoms with E-state index in [1.54, 1.807) is 19.2 Å². The molecule has 3 aromatic rings. The van der Waals surface area contributed by atoms with Crippen molar-refractivity contribution in [3.63, 3.8) is 0 Å². The highest BCUT2D eigenvalue weighted by molar-refractivity contribution is 6.20. The molecule has 0 spiro atoms. The molecule has 3 aromatic carbocycles. The molecule has 1 aliphatic rings. The second-order valence-electron chi connectivity index (χ2n) is 8.50. The summed E-state index contributed by atoms with van der Waals surface area (Å²) in [6.07, 6.45) is -3.22. The first-order valence-corrected chi connectivity index (χ1v) is 11.4. The lowest BCUT2D eigenvalue weighted by atomic mass is 10.0. The SMILES string of the molecule is C[C@H](NC(=O)[C@H](O)c1cc(F)cc(F)c1)C(=O)N[C@H]1N=C(c2ccccc2)c2ccccc2N(C)C1=O. The molecule has 0 aromatic heterocycles. The Morgan fingerprint density at radius 1 is 0.973 bits per heavy atom. The molecule has 3 N–H and O–H groups in total. The van der Waals surface area contributed by atoms with Crippen LogP contribution in [0, 0.1) is 11.6 Å². The number of aliphatic hydroxyl groups excluding tert-OH is 1. The standard InChI is InChI=1S/C27H24F2N4O4/c1-15(30-26(36)23(34)17-12-18(28)14-19(29)13-17)25(35)32-24-27(37)33(2)21-11-7-6-10-20(21)22(31-24)16-8-4-3-5-9-16/h3-15,23-24,34H,1-2H3,(H,30,36)(H,32,35)/t15-,23+,24+/m0/s1. The van der Waals surface area contributed by atoms with Gasteiger partial charge in [-0.1, -0.05) is 48.5 Å². The number of amides is 3. The first kappa shape index (κ1) is 25.6. The average Bonchev–Trinajstić information content (AvgIpc) is 2.98. The number of nitrogens with zero attached hydrogens (tertiary/aromatic N) is 2. The van der Waals surface area contributed by atoms with E-state index in [-0.39, 0.29) is 5.56 Å². The minimum atomic E-state index is -1.91. The molecule has 0 radical (unpaired) electrons. The van der Waals surface area contributed by atoms with Crippen molar-refractivity contribution < 1.29 is 28.3 Å². The number of rotatable bonds is 6. The molecular formula is C27H24F2N4O4. The Balaban J connectivity index is 1.55. The average molecular weight is 507 g/mol. The molecule has 0 saturated carbocycles. The molecule has 0 unspecified atom stereocenters. The summed E-state index contributed by atoms with van der Waals surface area (Å²) in [6.45, 7) is 1.34. The number of nitrogens with one attached hydrogen (secondary N) is 2. The molecule has 0 saturated heterocycles. The highest BCUT2D eigenvalue weighted by Crippen LogP contribution is 2.27. The topological polar surface area (TPSA) is 111 Å². The van der Waals surface area contributed by atoms with Gasteiger partial charge in [0.2, 0.25) is 12.1 Å². The van der Waals surface area contributed by atoms with Crippen molar-refractivity contribution in [3.8, 4) is 0 Å². The van der Waals surface area contributed by atoms with Crippen molar-refractivity contribution in [2.45, 2.75) is 25.2 Å². The predicted molar refractivity (Wildman–Crippen MR) is 133 cm³/mol. The molecule has 0 aliphatic carbocycles. The Morgan fingerprint density at radius 2 is 1.59 bits per heavy atom. The van der Waals surface area contributed by atoms with E-state index in [4.69, 9.17) is 0 Å². The van der Waals surface area contributed by atoms with Crippen molar-refractivity contribution >= 4 is 29.1 Å². The van der Waals surface area contributed by atoms with Crippen molar-refractivity contribution in [1.82, 2.24) is 10.6 Å². The minimum Gasteiger partial charge on any atom is -0.378 e. The highest BCUT2D eigenvalue weighted by Gasteiger charge is 2.32. The van der Waals surface area contributed by atoms with Gasteiger partial charge in [-0.05, 0) is 30.7 Å². The first-order chi connectivity index (χ1) is 17.7. The van der Waals surface area contributed by atoms with Crippen LogP contribution in [0.1, 0.15) is 29.7 Å². The number of likely N-dealkylation sites (N-methyl/N-ethyl adjacent to an activating group) is 1. The van der Waals surface area contributed by atoms with Crippen LogP contribution in [-0.4, -0.2) is 47.8 Å². The van der Waals surface area contributed by atoms with E-state index in [0.717, 1.165) is 17.7 Å². The number of hydrogen-bond acceptors (Lipinski definition) is 5. The number of carbonyl (C=O) groups is 3. The van der Waals surface area contributed by atoms with E-state index in [9.17, 15) is 28.3 Å². The molecule has 37 heavy (non-hydrogen) atoms. The minimum absolute atomic E-state index is 0.307. The Labute approximate surface area is 211 Å². The van der Waals surface area contributed by atoms with Crippen LogP contribution < -0.4 is 15.5 Å². The molecule has 190 valence electrons. The maximum absolute atomic E-state index is 13.5. The third kappa shape index (κ3) is 5.54. The summed E-state index contributed by atoms with van der Waals surface area (Å²) >= 11 is 0. The maximum Gasteiger partial charge on any atom is 0.272 e. The smallest absolute Gasteiger partial charge is 0.272 e. The molecule has 1 heterocycles. The number of aliphatic hydroxyl groups is 1. The summed E-state index contributed by atoms with van der Waals surface area (Å²) in [7, 11) is 1.57. The fourth-order valence-electron chi connectivity index (χ4n) is 3.94. The van der Waals surface area contributed by atoms with E-state index in [1.165, 1.54) is 11.8 Å². The molecule has 3 amide bonds. The van der Waals surface area contributed by atoms with Gasteiger partial charge < -0.3 is 20.6 Å². The maximum atomic E-state index is 13.5. The van der Waals surface area contributed by atoms with Gasteiger partial charge in [-0.2, -0.15) is 0 Å². The quantitative estimate of drug-likeness (QED) is 0.477. The third-order valence-corrected chi connectivity index (χ3v) is 5.87. The van der Waals surface area contributed by atoms with Crippen LogP contribution in [0.15, 0.2) is 77.8 Å². The number of hydrogen-bond donors (Lipinski definition) is 3. The number of carbonyl (C=O) groups excluding carboxylic acids is 3. The molecule has 10 heteroatoms. The van der Waals surface area contributed by atoms with Crippen LogP contribution in [0.25, 0.3) is 0 Å². The predicted octanol–water partition coefficient (Wildman–Crippen LogP) is 2.46. The molecule has 4 rings (SSSR count). The summed E-state index contributed by atoms with van der Waals surface area (Å²) in [4.78, 5) is 44.6. The van der Waals surface area contributed by atoms with Gasteiger partial charge in [0, 0.05) is 24.2 Å². The summed E-state index contributed by atoms with van der Waals surface area (Å²) in [6, 6.07) is 17.4. The zero-order valence-corrected chi connectivity index (χ0v) is 20.0. The first-order valence-electron chi connectivity index (χ1n) is 11.4. The molecule has 1 aliphatic heterocycles. The Kier molecular flexibility index (Phi) is 7.40. The van der Waals surface area contributed by atoms with Crippen LogP contribution in [-0.2, 0) is 14.4 Å². The summed E-state index contributed by atoms with van der Waals surface area (Å²) < 4.78 is 26.9.